The molecule has 3 aromatic rings. The Balaban J connectivity index is 1.56. The van der Waals surface area contributed by atoms with Gasteiger partial charge in [0.15, 0.2) is 0 Å². The van der Waals surface area contributed by atoms with Gasteiger partial charge in [-0.05, 0) is 13.0 Å². The first-order valence-corrected chi connectivity index (χ1v) is 7.90. The largest absolute Gasteiger partial charge is 0.491 e. The summed E-state index contributed by atoms with van der Waals surface area (Å²) in [5, 5.41) is 11.1. The van der Waals surface area contributed by atoms with Crippen molar-refractivity contribution in [2.24, 2.45) is 7.05 Å². The van der Waals surface area contributed by atoms with Gasteiger partial charge in [-0.2, -0.15) is 10.1 Å². The number of ether oxygens (including phenoxy) is 1. The van der Waals surface area contributed by atoms with Crippen molar-refractivity contribution in [3.63, 3.8) is 0 Å². The Hall–Kier alpha value is -3.16. The van der Waals surface area contributed by atoms with E-state index in [0.29, 0.717) is 35.3 Å². The zero-order valence-corrected chi connectivity index (χ0v) is 14.1. The molecule has 1 N–H and O–H groups in total. The monoisotopic (exact) mass is 339 g/mol. The van der Waals surface area contributed by atoms with Crippen LogP contribution in [-0.4, -0.2) is 32.4 Å². The lowest BCUT2D eigenvalue weighted by Crippen LogP contribution is -2.29. The number of carbonyl (C=O) groups is 1. The van der Waals surface area contributed by atoms with Crippen LogP contribution < -0.4 is 10.1 Å². The molecule has 4 rings (SSSR count). The predicted octanol–water partition coefficient (Wildman–Crippen LogP) is 1.95. The molecule has 1 aliphatic heterocycles. The van der Waals surface area contributed by atoms with Crippen LogP contribution in [0.2, 0.25) is 0 Å². The molecule has 128 valence electrons. The first kappa shape index (κ1) is 15.4. The first-order chi connectivity index (χ1) is 12.0. The van der Waals surface area contributed by atoms with E-state index in [9.17, 15) is 4.79 Å². The number of benzene rings is 1. The van der Waals surface area contributed by atoms with Crippen LogP contribution in [0.25, 0.3) is 11.4 Å². The van der Waals surface area contributed by atoms with Crippen molar-refractivity contribution in [3.05, 3.63) is 47.1 Å². The third kappa shape index (κ3) is 2.75. The van der Waals surface area contributed by atoms with Crippen molar-refractivity contribution in [2.75, 3.05) is 6.61 Å². The number of nitrogens with one attached hydrogen (secondary N) is 1. The number of aryl methyl sites for hydroxylation is 3. The molecule has 1 unspecified atom stereocenters. The summed E-state index contributed by atoms with van der Waals surface area (Å²) in [6.07, 6.45) is 1.71. The normalized spacial score (nSPS) is 15.7. The van der Waals surface area contributed by atoms with E-state index in [-0.39, 0.29) is 11.9 Å². The fourth-order valence-corrected chi connectivity index (χ4v) is 2.94. The Morgan fingerprint density at radius 1 is 1.36 bits per heavy atom. The van der Waals surface area contributed by atoms with E-state index in [2.05, 4.69) is 20.6 Å². The Bertz CT molecular complexity index is 959. The van der Waals surface area contributed by atoms with Gasteiger partial charge in [0.05, 0.1) is 17.3 Å². The summed E-state index contributed by atoms with van der Waals surface area (Å²) in [6.45, 7) is 3.94. The second kappa shape index (κ2) is 5.73. The molecule has 1 atom stereocenters. The van der Waals surface area contributed by atoms with E-state index in [0.717, 1.165) is 11.1 Å². The fraction of sp³-hybridized carbons (Fsp3) is 0.294. The predicted molar refractivity (Wildman–Crippen MR) is 88.1 cm³/mol. The van der Waals surface area contributed by atoms with Gasteiger partial charge in [-0.25, -0.2) is 0 Å². The van der Waals surface area contributed by atoms with E-state index < -0.39 is 0 Å². The van der Waals surface area contributed by atoms with Crippen molar-refractivity contribution >= 4 is 5.91 Å². The van der Waals surface area contributed by atoms with Gasteiger partial charge in [-0.15, -0.1) is 0 Å². The molecule has 0 radical (unpaired) electrons. The van der Waals surface area contributed by atoms with Crippen LogP contribution in [0.5, 0.6) is 5.75 Å². The topological polar surface area (TPSA) is 95.1 Å². The number of nitrogens with zero attached hydrogens (tertiary/aromatic N) is 4. The maximum atomic E-state index is 12.5. The smallest absolute Gasteiger partial charge is 0.255 e. The van der Waals surface area contributed by atoms with Gasteiger partial charge in [-0.3, -0.25) is 9.48 Å². The molecule has 3 heterocycles. The van der Waals surface area contributed by atoms with Crippen molar-refractivity contribution < 1.29 is 14.1 Å². The Labute approximate surface area is 143 Å². The number of aromatic nitrogens is 4. The third-order valence-corrected chi connectivity index (χ3v) is 4.14. The van der Waals surface area contributed by atoms with Crippen LogP contribution in [0.4, 0.5) is 0 Å². The molecule has 0 saturated carbocycles. The van der Waals surface area contributed by atoms with Crippen LogP contribution in [0.15, 0.2) is 28.9 Å². The first-order valence-electron chi connectivity index (χ1n) is 7.90. The van der Waals surface area contributed by atoms with Gasteiger partial charge in [0.25, 0.3) is 5.91 Å². The van der Waals surface area contributed by atoms with Crippen LogP contribution in [-0.2, 0) is 7.05 Å². The summed E-state index contributed by atoms with van der Waals surface area (Å²) in [4.78, 5) is 16.7. The summed E-state index contributed by atoms with van der Waals surface area (Å²) in [7, 11) is 1.79. The van der Waals surface area contributed by atoms with Crippen molar-refractivity contribution in [1.29, 1.82) is 0 Å². The molecular weight excluding hydrogens is 322 g/mol. The van der Waals surface area contributed by atoms with E-state index in [1.165, 1.54) is 0 Å². The Morgan fingerprint density at radius 2 is 2.20 bits per heavy atom. The Morgan fingerprint density at radius 3 is 2.88 bits per heavy atom. The van der Waals surface area contributed by atoms with Crippen molar-refractivity contribution in [1.82, 2.24) is 25.2 Å². The molecule has 2 aromatic heterocycles. The quantitative estimate of drug-likeness (QED) is 0.784. The summed E-state index contributed by atoms with van der Waals surface area (Å²) in [6, 6.07) is 5.47. The van der Waals surface area contributed by atoms with Crippen molar-refractivity contribution in [3.8, 4) is 17.1 Å². The molecule has 1 aromatic carbocycles. The van der Waals surface area contributed by atoms with E-state index in [1.54, 1.807) is 24.9 Å². The molecule has 0 spiro atoms. The number of rotatable bonds is 3. The number of hydrogen-bond donors (Lipinski definition) is 1. The van der Waals surface area contributed by atoms with Gasteiger partial charge in [-0.1, -0.05) is 17.3 Å². The summed E-state index contributed by atoms with van der Waals surface area (Å²) in [5.41, 5.74) is 3.00. The standard InChI is InChI=1S/C17H17N5O3/c1-9-13(7-22(3)20-9)17(23)19-14-8-24-15-6-11(4-5-12(14)15)16-18-10(2)25-21-16/h4-7,14H,8H2,1-3H3,(H,19,23). The highest BCUT2D eigenvalue weighted by atomic mass is 16.5. The van der Waals surface area contributed by atoms with Gasteiger partial charge >= 0.3 is 0 Å². The molecule has 0 bridgehead atoms. The van der Waals surface area contributed by atoms with Gasteiger partial charge in [0, 0.05) is 31.3 Å². The molecule has 0 aliphatic carbocycles. The number of amides is 1. The molecule has 8 heteroatoms. The maximum absolute atomic E-state index is 12.5. The summed E-state index contributed by atoms with van der Waals surface area (Å²) >= 11 is 0. The lowest BCUT2D eigenvalue weighted by atomic mass is 10.1. The lowest BCUT2D eigenvalue weighted by molar-refractivity contribution is 0.0929. The van der Waals surface area contributed by atoms with Crippen molar-refractivity contribution in [2.45, 2.75) is 19.9 Å². The number of hydrogen-bond acceptors (Lipinski definition) is 6. The molecule has 8 nitrogen and oxygen atoms in total. The summed E-state index contributed by atoms with van der Waals surface area (Å²) in [5.74, 6) is 1.58. The average Bonchev–Trinajstić information content (AvgIpc) is 3.26. The van der Waals surface area contributed by atoms with Crippen LogP contribution >= 0.6 is 0 Å². The second-order valence-corrected chi connectivity index (χ2v) is 6.03. The number of carbonyl (C=O) groups excluding carboxylic acids is 1. The lowest BCUT2D eigenvalue weighted by Gasteiger charge is -2.11. The highest BCUT2D eigenvalue weighted by Crippen LogP contribution is 2.35. The molecular formula is C17H17N5O3. The van der Waals surface area contributed by atoms with Crippen LogP contribution in [0.1, 0.15) is 33.5 Å². The number of fused-ring (bicyclic) bond motifs is 1. The molecule has 1 amide bonds. The Kier molecular flexibility index (Phi) is 3.52. The molecule has 0 saturated heterocycles. The highest BCUT2D eigenvalue weighted by Gasteiger charge is 2.27. The SMILES string of the molecule is Cc1nc(-c2ccc3c(c2)OCC3NC(=O)c2cn(C)nc2C)no1. The average molecular weight is 339 g/mol. The minimum atomic E-state index is -0.205. The minimum absolute atomic E-state index is 0.162. The van der Waals surface area contributed by atoms with Gasteiger partial charge in [0.1, 0.15) is 12.4 Å². The highest BCUT2D eigenvalue weighted by molar-refractivity contribution is 5.95. The minimum Gasteiger partial charge on any atom is -0.491 e. The van der Waals surface area contributed by atoms with E-state index in [1.807, 2.05) is 25.1 Å². The zero-order valence-electron chi connectivity index (χ0n) is 14.1. The van der Waals surface area contributed by atoms with E-state index >= 15 is 0 Å². The van der Waals surface area contributed by atoms with Gasteiger partial charge in [0.2, 0.25) is 11.7 Å². The molecule has 0 fully saturated rings. The van der Waals surface area contributed by atoms with E-state index in [4.69, 9.17) is 9.26 Å². The molecule has 1 aliphatic rings. The summed E-state index contributed by atoms with van der Waals surface area (Å²) < 4.78 is 12.4. The van der Waals surface area contributed by atoms with Crippen LogP contribution in [0.3, 0.4) is 0 Å². The maximum Gasteiger partial charge on any atom is 0.255 e. The van der Waals surface area contributed by atoms with Gasteiger partial charge < -0.3 is 14.6 Å². The molecule has 25 heavy (non-hydrogen) atoms. The second-order valence-electron chi connectivity index (χ2n) is 6.03. The van der Waals surface area contributed by atoms with Crippen LogP contribution in [0, 0.1) is 13.8 Å². The third-order valence-electron chi connectivity index (χ3n) is 4.14. The fourth-order valence-electron chi connectivity index (χ4n) is 2.94. The zero-order chi connectivity index (χ0) is 17.6.